The number of nitrogens with one attached hydrogen (secondary N) is 2. The minimum atomic E-state index is -0.679. The number of para-hydroxylation sites is 1. The van der Waals surface area contributed by atoms with E-state index in [9.17, 15) is 9.18 Å². The van der Waals surface area contributed by atoms with Crippen LogP contribution in [0.15, 0.2) is 42.5 Å². The van der Waals surface area contributed by atoms with Gasteiger partial charge in [-0.25, -0.2) is 4.39 Å². The molecule has 28 heavy (non-hydrogen) atoms. The van der Waals surface area contributed by atoms with Gasteiger partial charge in [-0.05, 0) is 30.7 Å². The van der Waals surface area contributed by atoms with Crippen molar-refractivity contribution in [2.75, 3.05) is 36.8 Å². The van der Waals surface area contributed by atoms with Gasteiger partial charge in [-0.3, -0.25) is 9.69 Å². The number of rotatable bonds is 4. The fourth-order valence-corrected chi connectivity index (χ4v) is 4.17. The summed E-state index contributed by atoms with van der Waals surface area (Å²) in [5.74, 6) is 0.526. The summed E-state index contributed by atoms with van der Waals surface area (Å²) < 4.78 is 19.2. The number of fused-ring (bicyclic) bond motifs is 2. The number of benzene rings is 2. The molecule has 5 nitrogen and oxygen atoms in total. The van der Waals surface area contributed by atoms with Crippen LogP contribution in [0.3, 0.4) is 0 Å². The number of hydrogen-bond donors (Lipinski definition) is 2. The minimum absolute atomic E-state index is 0.122. The first-order valence-electron chi connectivity index (χ1n) is 9.70. The van der Waals surface area contributed by atoms with Crippen LogP contribution in [0, 0.1) is 0 Å². The van der Waals surface area contributed by atoms with Gasteiger partial charge in [0.05, 0.1) is 5.57 Å². The highest BCUT2D eigenvalue weighted by Crippen LogP contribution is 2.41. The first-order chi connectivity index (χ1) is 13.7. The van der Waals surface area contributed by atoms with Gasteiger partial charge in [0, 0.05) is 54.2 Å². The topological polar surface area (TPSA) is 53.6 Å². The molecule has 0 spiro atoms. The first kappa shape index (κ1) is 17.3. The van der Waals surface area contributed by atoms with Gasteiger partial charge in [0.25, 0.3) is 5.91 Å². The van der Waals surface area contributed by atoms with Crippen molar-refractivity contribution in [2.24, 2.45) is 0 Å². The first-order valence-corrected chi connectivity index (χ1v) is 9.70. The molecule has 0 bridgehead atoms. The largest absolute Gasteiger partial charge is 0.487 e. The molecule has 5 rings (SSSR count). The standard InChI is InChI=1S/C22H22FN3O2/c23-15-7-9-26(12-15)10-8-24-16-5-6-17-14(11-16)13-28-21(17)20-18-3-1-2-4-19(18)25-22(20)27/h1-6,11,15,24H,7-10,12-13H2,(H,25,27). The molecule has 1 amide bonds. The maximum Gasteiger partial charge on any atom is 0.260 e. The molecule has 2 N–H and O–H groups in total. The van der Waals surface area contributed by atoms with Gasteiger partial charge in [0.2, 0.25) is 0 Å². The molecule has 1 saturated heterocycles. The summed E-state index contributed by atoms with van der Waals surface area (Å²) in [4.78, 5) is 14.6. The molecule has 1 fully saturated rings. The maximum atomic E-state index is 13.3. The zero-order valence-corrected chi connectivity index (χ0v) is 15.5. The highest BCUT2D eigenvalue weighted by Gasteiger charge is 2.32. The summed E-state index contributed by atoms with van der Waals surface area (Å²) in [6.45, 7) is 3.44. The number of hydrogen-bond acceptors (Lipinski definition) is 4. The number of halogens is 1. The number of likely N-dealkylation sites (tertiary alicyclic amines) is 1. The van der Waals surface area contributed by atoms with Crippen LogP contribution in [0.25, 0.3) is 11.3 Å². The lowest BCUT2D eigenvalue weighted by atomic mass is 10.0. The summed E-state index contributed by atoms with van der Waals surface area (Å²) in [5.41, 5.74) is 5.35. The zero-order valence-electron chi connectivity index (χ0n) is 15.5. The van der Waals surface area contributed by atoms with Crippen molar-refractivity contribution in [3.63, 3.8) is 0 Å². The van der Waals surface area contributed by atoms with Crippen molar-refractivity contribution in [2.45, 2.75) is 19.2 Å². The van der Waals surface area contributed by atoms with Crippen molar-refractivity contribution >= 4 is 28.6 Å². The fourth-order valence-electron chi connectivity index (χ4n) is 4.17. The fraction of sp³-hybridized carbons (Fsp3) is 0.318. The van der Waals surface area contributed by atoms with E-state index in [1.807, 2.05) is 36.4 Å². The average molecular weight is 379 g/mol. The van der Waals surface area contributed by atoms with E-state index in [2.05, 4.69) is 21.6 Å². The molecule has 3 aliphatic rings. The summed E-state index contributed by atoms with van der Waals surface area (Å²) >= 11 is 0. The third-order valence-electron chi connectivity index (χ3n) is 5.59. The van der Waals surface area contributed by atoms with Crippen molar-refractivity contribution < 1.29 is 13.9 Å². The molecule has 6 heteroatoms. The zero-order chi connectivity index (χ0) is 19.1. The number of carbonyl (C=O) groups is 1. The predicted molar refractivity (Wildman–Crippen MR) is 108 cm³/mol. The normalized spacial score (nSPS) is 23.3. The molecular weight excluding hydrogens is 357 g/mol. The van der Waals surface area contributed by atoms with Crippen LogP contribution in [0.1, 0.15) is 23.1 Å². The quantitative estimate of drug-likeness (QED) is 0.799. The van der Waals surface area contributed by atoms with E-state index >= 15 is 0 Å². The smallest absolute Gasteiger partial charge is 0.260 e. The molecule has 1 atom stereocenters. The lowest BCUT2D eigenvalue weighted by Crippen LogP contribution is -2.27. The Hall–Kier alpha value is -2.86. The Kier molecular flexibility index (Phi) is 4.28. The van der Waals surface area contributed by atoms with Gasteiger partial charge in [-0.15, -0.1) is 0 Å². The molecule has 0 saturated carbocycles. The van der Waals surface area contributed by atoms with Gasteiger partial charge >= 0.3 is 0 Å². The SMILES string of the molecule is O=C1Nc2ccccc2C1=C1OCc2cc(NCCN3CCC(F)C3)ccc21. The number of nitrogens with zero attached hydrogens (tertiary/aromatic N) is 1. The van der Waals surface area contributed by atoms with Crippen LogP contribution in [-0.2, 0) is 16.1 Å². The number of ether oxygens (including phenoxy) is 1. The number of alkyl halides is 1. The van der Waals surface area contributed by atoms with Crippen LogP contribution >= 0.6 is 0 Å². The van der Waals surface area contributed by atoms with E-state index in [1.165, 1.54) is 0 Å². The van der Waals surface area contributed by atoms with E-state index in [0.717, 1.165) is 47.7 Å². The highest BCUT2D eigenvalue weighted by molar-refractivity contribution is 6.36. The van der Waals surface area contributed by atoms with Gasteiger partial charge in [0.15, 0.2) is 0 Å². The van der Waals surface area contributed by atoms with Crippen molar-refractivity contribution in [1.82, 2.24) is 4.90 Å². The molecule has 0 radical (unpaired) electrons. The third-order valence-corrected chi connectivity index (χ3v) is 5.59. The maximum absolute atomic E-state index is 13.3. The predicted octanol–water partition coefficient (Wildman–Crippen LogP) is 3.49. The lowest BCUT2D eigenvalue weighted by Gasteiger charge is -2.15. The van der Waals surface area contributed by atoms with Gasteiger partial charge in [-0.2, -0.15) is 0 Å². The Morgan fingerprint density at radius 1 is 1.21 bits per heavy atom. The second kappa shape index (κ2) is 6.95. The number of amides is 1. The van der Waals surface area contributed by atoms with Crippen LogP contribution in [0.2, 0.25) is 0 Å². The molecule has 144 valence electrons. The molecule has 3 aliphatic heterocycles. The molecule has 2 aromatic rings. The minimum Gasteiger partial charge on any atom is -0.487 e. The monoisotopic (exact) mass is 379 g/mol. The third kappa shape index (κ3) is 3.03. The summed E-state index contributed by atoms with van der Waals surface area (Å²) in [7, 11) is 0. The van der Waals surface area contributed by atoms with Crippen molar-refractivity contribution in [3.8, 4) is 0 Å². The average Bonchev–Trinajstić information content (AvgIpc) is 3.37. The molecule has 0 aliphatic carbocycles. The van der Waals surface area contributed by atoms with Gasteiger partial charge < -0.3 is 15.4 Å². The molecule has 3 heterocycles. The number of anilines is 2. The van der Waals surface area contributed by atoms with E-state index < -0.39 is 6.17 Å². The van der Waals surface area contributed by atoms with Crippen LogP contribution in [0.5, 0.6) is 0 Å². The Labute approximate surface area is 163 Å². The number of carbonyl (C=O) groups excluding carboxylic acids is 1. The van der Waals surface area contributed by atoms with Crippen LogP contribution in [-0.4, -0.2) is 43.2 Å². The van der Waals surface area contributed by atoms with E-state index in [4.69, 9.17) is 4.74 Å². The molecule has 1 unspecified atom stereocenters. The van der Waals surface area contributed by atoms with Gasteiger partial charge in [0.1, 0.15) is 18.5 Å². The second-order valence-corrected chi connectivity index (χ2v) is 7.48. The Morgan fingerprint density at radius 2 is 2.11 bits per heavy atom. The second-order valence-electron chi connectivity index (χ2n) is 7.48. The lowest BCUT2D eigenvalue weighted by molar-refractivity contribution is -0.110. The summed E-state index contributed by atoms with van der Waals surface area (Å²) in [5, 5.41) is 6.31. The molecule has 2 aromatic carbocycles. The summed E-state index contributed by atoms with van der Waals surface area (Å²) in [6.07, 6.45) is -0.0360. The van der Waals surface area contributed by atoms with Gasteiger partial charge in [-0.1, -0.05) is 18.2 Å². The Balaban J connectivity index is 1.34. The van der Waals surface area contributed by atoms with E-state index in [0.29, 0.717) is 30.9 Å². The Bertz CT molecular complexity index is 972. The molecule has 0 aromatic heterocycles. The highest BCUT2D eigenvalue weighted by atomic mass is 19.1. The van der Waals surface area contributed by atoms with Crippen molar-refractivity contribution in [3.05, 3.63) is 59.2 Å². The van der Waals surface area contributed by atoms with Crippen molar-refractivity contribution in [1.29, 1.82) is 0 Å². The van der Waals surface area contributed by atoms with E-state index in [1.54, 1.807) is 0 Å². The van der Waals surface area contributed by atoms with Crippen LogP contribution in [0.4, 0.5) is 15.8 Å². The van der Waals surface area contributed by atoms with E-state index in [-0.39, 0.29) is 5.91 Å². The van der Waals surface area contributed by atoms with Crippen LogP contribution < -0.4 is 10.6 Å². The molecular formula is C22H22FN3O2. The Morgan fingerprint density at radius 3 is 2.96 bits per heavy atom. The summed E-state index contributed by atoms with van der Waals surface area (Å²) in [6, 6.07) is 13.8.